The molecule has 0 saturated carbocycles. The third kappa shape index (κ3) is 6.22. The predicted molar refractivity (Wildman–Crippen MR) is 106 cm³/mol. The zero-order chi connectivity index (χ0) is 22.4. The van der Waals surface area contributed by atoms with Gasteiger partial charge in [0.1, 0.15) is 5.88 Å². The lowest BCUT2D eigenvalue weighted by Gasteiger charge is -2.14. The molecule has 160 valence electrons. The number of ether oxygens (including phenoxy) is 1. The Morgan fingerprint density at radius 3 is 2.52 bits per heavy atom. The van der Waals surface area contributed by atoms with Crippen molar-refractivity contribution in [2.75, 3.05) is 11.2 Å². The number of alkyl halides is 4. The van der Waals surface area contributed by atoms with Gasteiger partial charge < -0.3 is 10.1 Å². The van der Waals surface area contributed by atoms with Crippen molar-refractivity contribution in [3.63, 3.8) is 0 Å². The third-order valence-corrected chi connectivity index (χ3v) is 4.17. The Labute approximate surface area is 179 Å². The summed E-state index contributed by atoms with van der Waals surface area (Å²) < 4.78 is 41.7. The summed E-state index contributed by atoms with van der Waals surface area (Å²) in [5.41, 5.74) is 1.42. The van der Waals surface area contributed by atoms with Crippen molar-refractivity contribution >= 4 is 29.0 Å². The number of halogens is 4. The lowest BCUT2D eigenvalue weighted by molar-refractivity contribution is -0.274. The fourth-order valence-electron chi connectivity index (χ4n) is 2.57. The number of benzene rings is 1. The molecule has 0 unspecified atom stereocenters. The standard InChI is InChI=1S/C20H14ClF3N4O3/c21-8-19(30)28-15-6-12(3-4-18(15)31-20(22,23)24)17(29)7-14-10-27-16(11-26-14)13-2-1-5-25-9-13/h1-6,9-11H,7-8H2,(H,28,30). The van der Waals surface area contributed by atoms with E-state index in [1.54, 1.807) is 18.5 Å². The molecule has 3 rings (SSSR count). The fraction of sp³-hybridized carbons (Fsp3) is 0.150. The van der Waals surface area contributed by atoms with Crippen molar-refractivity contribution in [2.24, 2.45) is 0 Å². The minimum atomic E-state index is -4.97. The van der Waals surface area contributed by atoms with Crippen molar-refractivity contribution in [1.29, 1.82) is 0 Å². The zero-order valence-electron chi connectivity index (χ0n) is 15.7. The molecule has 0 aliphatic heterocycles. The molecule has 0 spiro atoms. The molecule has 31 heavy (non-hydrogen) atoms. The Morgan fingerprint density at radius 2 is 1.90 bits per heavy atom. The highest BCUT2D eigenvalue weighted by Gasteiger charge is 2.32. The molecule has 1 amide bonds. The topological polar surface area (TPSA) is 94.1 Å². The van der Waals surface area contributed by atoms with Crippen LogP contribution in [0, 0.1) is 0 Å². The van der Waals surface area contributed by atoms with Gasteiger partial charge in [0.2, 0.25) is 5.91 Å². The summed E-state index contributed by atoms with van der Waals surface area (Å²) >= 11 is 5.39. The Bertz CT molecular complexity index is 1080. The molecule has 0 fully saturated rings. The molecule has 0 bridgehead atoms. The maximum absolute atomic E-state index is 12.6. The van der Waals surface area contributed by atoms with Gasteiger partial charge in [-0.3, -0.25) is 24.5 Å². The summed E-state index contributed by atoms with van der Waals surface area (Å²) in [7, 11) is 0. The molecule has 1 N–H and O–H groups in total. The van der Waals surface area contributed by atoms with E-state index in [0.29, 0.717) is 11.4 Å². The highest BCUT2D eigenvalue weighted by atomic mass is 35.5. The first-order valence-electron chi connectivity index (χ1n) is 8.75. The molecular formula is C20H14ClF3N4O3. The second-order valence-electron chi connectivity index (χ2n) is 6.18. The summed E-state index contributed by atoms with van der Waals surface area (Å²) in [6.45, 7) is 0. The largest absolute Gasteiger partial charge is 0.573 e. The Morgan fingerprint density at radius 1 is 1.10 bits per heavy atom. The van der Waals surface area contributed by atoms with Crippen LogP contribution in [0.5, 0.6) is 5.75 Å². The van der Waals surface area contributed by atoms with Gasteiger partial charge >= 0.3 is 6.36 Å². The first kappa shape index (κ1) is 22.2. The van der Waals surface area contributed by atoms with Crippen molar-refractivity contribution in [1.82, 2.24) is 15.0 Å². The number of carbonyl (C=O) groups excluding carboxylic acids is 2. The van der Waals surface area contributed by atoms with Crippen LogP contribution in [0.25, 0.3) is 11.3 Å². The quantitative estimate of drug-likeness (QED) is 0.431. The number of hydrogen-bond acceptors (Lipinski definition) is 6. The maximum Gasteiger partial charge on any atom is 0.573 e. The maximum atomic E-state index is 12.6. The molecular weight excluding hydrogens is 437 g/mol. The molecule has 0 aliphatic carbocycles. The number of pyridine rings is 1. The van der Waals surface area contributed by atoms with Gasteiger partial charge in [0.05, 0.1) is 29.7 Å². The summed E-state index contributed by atoms with van der Waals surface area (Å²) in [5.74, 6) is -2.34. The molecule has 2 heterocycles. The van der Waals surface area contributed by atoms with Gasteiger partial charge in [-0.1, -0.05) is 0 Å². The number of rotatable bonds is 7. The average molecular weight is 451 g/mol. The Hall–Kier alpha value is -3.53. The number of Topliss-reactive ketones (excluding diaryl/α,β-unsaturated/α-hetero) is 1. The van der Waals surface area contributed by atoms with Crippen LogP contribution < -0.4 is 10.1 Å². The Kier molecular flexibility index (Phi) is 6.81. The van der Waals surface area contributed by atoms with E-state index in [1.807, 2.05) is 6.07 Å². The number of nitrogens with zero attached hydrogens (tertiary/aromatic N) is 3. The molecule has 0 saturated heterocycles. The van der Waals surface area contributed by atoms with E-state index >= 15 is 0 Å². The van der Waals surface area contributed by atoms with E-state index in [1.165, 1.54) is 12.4 Å². The minimum Gasteiger partial charge on any atom is -0.404 e. The average Bonchev–Trinajstić information content (AvgIpc) is 2.75. The molecule has 0 atom stereocenters. The SMILES string of the molecule is O=C(CCl)Nc1cc(C(=O)Cc2cnc(-c3cccnc3)cn2)ccc1OC(F)(F)F. The van der Waals surface area contributed by atoms with Crippen LogP contribution in [-0.4, -0.2) is 38.9 Å². The predicted octanol–water partition coefficient (Wildman–Crippen LogP) is 4.04. The van der Waals surface area contributed by atoms with E-state index in [0.717, 1.165) is 23.8 Å². The van der Waals surface area contributed by atoms with Crippen LogP contribution in [0.15, 0.2) is 55.1 Å². The Balaban J connectivity index is 1.79. The summed E-state index contributed by atoms with van der Waals surface area (Å²) in [6, 6.07) is 6.76. The smallest absolute Gasteiger partial charge is 0.404 e. The number of aromatic nitrogens is 3. The van der Waals surface area contributed by atoms with Crippen molar-refractivity contribution in [3.8, 4) is 17.0 Å². The van der Waals surface area contributed by atoms with Gasteiger partial charge in [0.15, 0.2) is 11.5 Å². The zero-order valence-corrected chi connectivity index (χ0v) is 16.4. The number of carbonyl (C=O) groups is 2. The highest BCUT2D eigenvalue weighted by Crippen LogP contribution is 2.31. The van der Waals surface area contributed by atoms with Crippen LogP contribution in [0.1, 0.15) is 16.1 Å². The van der Waals surface area contributed by atoms with Crippen LogP contribution in [0.4, 0.5) is 18.9 Å². The fourth-order valence-corrected chi connectivity index (χ4v) is 2.64. The molecule has 0 radical (unpaired) electrons. The van der Waals surface area contributed by atoms with E-state index in [4.69, 9.17) is 11.6 Å². The van der Waals surface area contributed by atoms with Gasteiger partial charge in [-0.05, 0) is 30.3 Å². The third-order valence-electron chi connectivity index (χ3n) is 3.93. The minimum absolute atomic E-state index is 0.0533. The molecule has 3 aromatic rings. The van der Waals surface area contributed by atoms with Gasteiger partial charge in [-0.15, -0.1) is 24.8 Å². The van der Waals surface area contributed by atoms with Crippen LogP contribution in [0.3, 0.4) is 0 Å². The van der Waals surface area contributed by atoms with E-state index in [9.17, 15) is 22.8 Å². The highest BCUT2D eigenvalue weighted by molar-refractivity contribution is 6.29. The van der Waals surface area contributed by atoms with Gasteiger partial charge in [0, 0.05) is 29.7 Å². The number of anilines is 1. The van der Waals surface area contributed by atoms with Crippen LogP contribution in [-0.2, 0) is 11.2 Å². The molecule has 0 aliphatic rings. The van der Waals surface area contributed by atoms with Crippen LogP contribution >= 0.6 is 11.6 Å². The first-order valence-corrected chi connectivity index (χ1v) is 9.29. The van der Waals surface area contributed by atoms with Gasteiger partial charge in [-0.2, -0.15) is 0 Å². The number of hydrogen-bond donors (Lipinski definition) is 1. The number of amides is 1. The van der Waals surface area contributed by atoms with Crippen LogP contribution in [0.2, 0.25) is 0 Å². The summed E-state index contributed by atoms with van der Waals surface area (Å²) in [4.78, 5) is 36.6. The summed E-state index contributed by atoms with van der Waals surface area (Å²) in [6.07, 6.45) is 1.04. The van der Waals surface area contributed by atoms with E-state index < -0.39 is 29.7 Å². The molecule has 11 heteroatoms. The number of nitrogens with one attached hydrogen (secondary N) is 1. The second-order valence-corrected chi connectivity index (χ2v) is 6.44. The lowest BCUT2D eigenvalue weighted by atomic mass is 10.1. The van der Waals surface area contributed by atoms with Crippen molar-refractivity contribution in [3.05, 3.63) is 66.4 Å². The van der Waals surface area contributed by atoms with Crippen molar-refractivity contribution in [2.45, 2.75) is 12.8 Å². The van der Waals surface area contributed by atoms with Gasteiger partial charge in [0.25, 0.3) is 0 Å². The first-order chi connectivity index (χ1) is 14.7. The summed E-state index contributed by atoms with van der Waals surface area (Å²) in [5, 5.41) is 2.19. The monoisotopic (exact) mass is 450 g/mol. The lowest BCUT2D eigenvalue weighted by Crippen LogP contribution is -2.20. The molecule has 7 nitrogen and oxygen atoms in total. The van der Waals surface area contributed by atoms with Crippen molar-refractivity contribution < 1.29 is 27.5 Å². The molecule has 2 aromatic heterocycles. The second kappa shape index (κ2) is 9.52. The van der Waals surface area contributed by atoms with Gasteiger partial charge in [-0.25, -0.2) is 0 Å². The molecule has 1 aromatic carbocycles. The van der Waals surface area contributed by atoms with E-state index in [-0.39, 0.29) is 17.7 Å². The van der Waals surface area contributed by atoms with E-state index in [2.05, 4.69) is 25.0 Å². The number of ketones is 1. The normalized spacial score (nSPS) is 11.1.